The van der Waals surface area contributed by atoms with Crippen molar-refractivity contribution in [1.82, 2.24) is 9.97 Å². The van der Waals surface area contributed by atoms with Gasteiger partial charge in [0.15, 0.2) is 4.77 Å². The van der Waals surface area contributed by atoms with Crippen molar-refractivity contribution < 1.29 is 4.74 Å². The molecular weight excluding hydrogens is 312 g/mol. The fraction of sp³-hybridized carbons (Fsp3) is 0.471. The number of aromatic nitrogens is 2. The molecule has 0 fully saturated rings. The van der Waals surface area contributed by atoms with E-state index in [1.54, 1.807) is 0 Å². The number of H-pyrrole nitrogens is 2. The summed E-state index contributed by atoms with van der Waals surface area (Å²) in [5.74, 6) is 3.64. The van der Waals surface area contributed by atoms with E-state index in [4.69, 9.17) is 17.0 Å². The molecule has 1 heterocycles. The molecule has 0 aliphatic rings. The molecule has 1 unspecified atom stereocenters. The number of thioether (sulfide) groups is 1. The Balaban J connectivity index is 1.78. The molecule has 1 atom stereocenters. The Morgan fingerprint density at radius 2 is 2.09 bits per heavy atom. The molecule has 22 heavy (non-hydrogen) atoms. The number of para-hydroxylation sites is 1. The predicted octanol–water partition coefficient (Wildman–Crippen LogP) is 4.97. The molecule has 0 aliphatic heterocycles. The molecule has 0 spiro atoms. The van der Waals surface area contributed by atoms with Crippen LogP contribution in [0.2, 0.25) is 0 Å². The van der Waals surface area contributed by atoms with E-state index >= 15 is 0 Å². The Labute approximate surface area is 141 Å². The van der Waals surface area contributed by atoms with Crippen LogP contribution in [-0.2, 0) is 12.2 Å². The summed E-state index contributed by atoms with van der Waals surface area (Å²) < 4.78 is 6.74. The Hall–Kier alpha value is -1.20. The summed E-state index contributed by atoms with van der Waals surface area (Å²) in [6.07, 6.45) is 4.09. The van der Waals surface area contributed by atoms with Crippen molar-refractivity contribution in [3.8, 4) is 5.75 Å². The second kappa shape index (κ2) is 9.06. The van der Waals surface area contributed by atoms with Crippen LogP contribution in [-0.4, -0.2) is 22.3 Å². The molecule has 120 valence electrons. The average Bonchev–Trinajstić information content (AvgIpc) is 2.96. The van der Waals surface area contributed by atoms with Gasteiger partial charge in [-0.1, -0.05) is 32.0 Å². The molecule has 0 saturated carbocycles. The largest absolute Gasteiger partial charge is 0.493 e. The highest BCUT2D eigenvalue weighted by Crippen LogP contribution is 2.21. The molecule has 5 heteroatoms. The SMILES string of the molecule is CCc1ccccc1OCC(CC)CSCc1c[nH]c(=S)[nH]1. The normalized spacial score (nSPS) is 12.3. The molecule has 2 rings (SSSR count). The van der Waals surface area contributed by atoms with Gasteiger partial charge in [-0.2, -0.15) is 11.8 Å². The van der Waals surface area contributed by atoms with E-state index in [0.717, 1.165) is 42.4 Å². The van der Waals surface area contributed by atoms with E-state index < -0.39 is 0 Å². The lowest BCUT2D eigenvalue weighted by molar-refractivity contribution is 0.257. The fourth-order valence-electron chi connectivity index (χ4n) is 2.21. The van der Waals surface area contributed by atoms with Gasteiger partial charge in [-0.25, -0.2) is 0 Å². The van der Waals surface area contributed by atoms with Gasteiger partial charge in [0.05, 0.1) is 6.61 Å². The molecule has 0 radical (unpaired) electrons. The van der Waals surface area contributed by atoms with E-state index in [0.29, 0.717) is 10.7 Å². The zero-order chi connectivity index (χ0) is 15.8. The van der Waals surface area contributed by atoms with E-state index in [1.165, 1.54) is 5.56 Å². The van der Waals surface area contributed by atoms with Crippen molar-refractivity contribution in [3.63, 3.8) is 0 Å². The lowest BCUT2D eigenvalue weighted by Gasteiger charge is -2.17. The number of nitrogens with one attached hydrogen (secondary N) is 2. The van der Waals surface area contributed by atoms with Crippen LogP contribution in [0.25, 0.3) is 0 Å². The number of benzene rings is 1. The second-order valence-corrected chi connectivity index (χ2v) is 6.77. The van der Waals surface area contributed by atoms with Crippen molar-refractivity contribution >= 4 is 24.0 Å². The van der Waals surface area contributed by atoms with Gasteiger partial charge in [0.25, 0.3) is 0 Å². The number of hydrogen-bond acceptors (Lipinski definition) is 3. The summed E-state index contributed by atoms with van der Waals surface area (Å²) >= 11 is 6.96. The Morgan fingerprint density at radius 3 is 2.77 bits per heavy atom. The van der Waals surface area contributed by atoms with Crippen LogP contribution in [0.4, 0.5) is 0 Å². The first-order valence-corrected chi connectivity index (χ1v) is 9.34. The van der Waals surface area contributed by atoms with E-state index in [-0.39, 0.29) is 0 Å². The number of hydrogen-bond donors (Lipinski definition) is 2. The van der Waals surface area contributed by atoms with Crippen LogP contribution in [0.3, 0.4) is 0 Å². The Morgan fingerprint density at radius 1 is 1.27 bits per heavy atom. The third-order valence-corrected chi connectivity index (χ3v) is 5.11. The number of rotatable bonds is 9. The molecular formula is C17H24N2OS2. The lowest BCUT2D eigenvalue weighted by atomic mass is 10.1. The topological polar surface area (TPSA) is 40.8 Å². The van der Waals surface area contributed by atoms with Crippen molar-refractivity contribution in [2.24, 2.45) is 5.92 Å². The summed E-state index contributed by atoms with van der Waals surface area (Å²) in [6, 6.07) is 8.32. The molecule has 0 amide bonds. The van der Waals surface area contributed by atoms with Crippen LogP contribution in [0.15, 0.2) is 30.5 Å². The molecule has 3 nitrogen and oxygen atoms in total. The third-order valence-electron chi connectivity index (χ3n) is 3.67. The Bertz CT molecular complexity index is 621. The van der Waals surface area contributed by atoms with Gasteiger partial charge < -0.3 is 14.7 Å². The maximum atomic E-state index is 6.04. The molecule has 0 aliphatic carbocycles. The number of imidazole rings is 1. The Kier molecular flexibility index (Phi) is 7.06. The van der Waals surface area contributed by atoms with Gasteiger partial charge in [0.1, 0.15) is 5.75 Å². The zero-order valence-electron chi connectivity index (χ0n) is 13.2. The highest BCUT2D eigenvalue weighted by atomic mass is 32.2. The maximum Gasteiger partial charge on any atom is 0.174 e. The first kappa shape index (κ1) is 17.2. The third kappa shape index (κ3) is 5.21. The van der Waals surface area contributed by atoms with Crippen molar-refractivity contribution in [2.75, 3.05) is 12.4 Å². The number of aromatic amines is 2. The van der Waals surface area contributed by atoms with E-state index in [2.05, 4.69) is 42.0 Å². The molecule has 1 aromatic carbocycles. The van der Waals surface area contributed by atoms with E-state index in [1.807, 2.05) is 24.0 Å². The number of ether oxygens (including phenoxy) is 1. The van der Waals surface area contributed by atoms with Crippen LogP contribution in [0, 0.1) is 10.7 Å². The van der Waals surface area contributed by atoms with Gasteiger partial charge in [0.2, 0.25) is 0 Å². The van der Waals surface area contributed by atoms with Crippen LogP contribution in [0.5, 0.6) is 5.75 Å². The highest BCUT2D eigenvalue weighted by Gasteiger charge is 2.09. The lowest BCUT2D eigenvalue weighted by Crippen LogP contribution is -2.14. The first-order valence-electron chi connectivity index (χ1n) is 7.78. The van der Waals surface area contributed by atoms with Gasteiger partial charge in [-0.15, -0.1) is 0 Å². The fourth-order valence-corrected chi connectivity index (χ4v) is 3.56. The van der Waals surface area contributed by atoms with Crippen LogP contribution >= 0.6 is 24.0 Å². The van der Waals surface area contributed by atoms with Crippen LogP contribution in [0.1, 0.15) is 31.5 Å². The van der Waals surface area contributed by atoms with Gasteiger partial charge in [-0.3, -0.25) is 0 Å². The smallest absolute Gasteiger partial charge is 0.174 e. The van der Waals surface area contributed by atoms with Crippen LogP contribution < -0.4 is 4.74 Å². The second-order valence-electron chi connectivity index (χ2n) is 5.33. The predicted molar refractivity (Wildman–Crippen MR) is 97.2 cm³/mol. The quantitative estimate of drug-likeness (QED) is 0.635. The summed E-state index contributed by atoms with van der Waals surface area (Å²) in [7, 11) is 0. The minimum Gasteiger partial charge on any atom is -0.493 e. The number of aryl methyl sites for hydroxylation is 1. The van der Waals surface area contributed by atoms with E-state index in [9.17, 15) is 0 Å². The minimum absolute atomic E-state index is 0.567. The van der Waals surface area contributed by atoms with Crippen molar-refractivity contribution in [3.05, 3.63) is 46.5 Å². The first-order chi connectivity index (χ1) is 10.7. The van der Waals surface area contributed by atoms with Crippen molar-refractivity contribution in [1.29, 1.82) is 0 Å². The van der Waals surface area contributed by atoms with Gasteiger partial charge in [0, 0.05) is 23.6 Å². The standard InChI is InChI=1S/C17H24N2OS2/c1-3-13(11-22-12-15-9-18-17(21)19-15)10-20-16-8-6-5-7-14(16)4-2/h5-9,13H,3-4,10-12H2,1-2H3,(H2,18,19,21). The summed E-state index contributed by atoms with van der Waals surface area (Å²) in [5, 5.41) is 0. The van der Waals surface area contributed by atoms with Gasteiger partial charge >= 0.3 is 0 Å². The monoisotopic (exact) mass is 336 g/mol. The molecule has 2 N–H and O–H groups in total. The average molecular weight is 337 g/mol. The van der Waals surface area contributed by atoms with Crippen molar-refractivity contribution in [2.45, 2.75) is 32.4 Å². The zero-order valence-corrected chi connectivity index (χ0v) is 14.9. The summed E-state index contributed by atoms with van der Waals surface area (Å²) in [6.45, 7) is 5.17. The molecule has 0 saturated heterocycles. The summed E-state index contributed by atoms with van der Waals surface area (Å²) in [4.78, 5) is 6.15. The summed E-state index contributed by atoms with van der Waals surface area (Å²) in [5.41, 5.74) is 2.44. The minimum atomic E-state index is 0.567. The molecule has 1 aromatic heterocycles. The molecule has 2 aromatic rings. The highest BCUT2D eigenvalue weighted by molar-refractivity contribution is 7.98. The van der Waals surface area contributed by atoms with Gasteiger partial charge in [-0.05, 0) is 42.4 Å². The maximum absolute atomic E-state index is 6.04. The molecule has 0 bridgehead atoms.